The topological polar surface area (TPSA) is 232 Å². The predicted molar refractivity (Wildman–Crippen MR) is 260 cm³/mol. The maximum Gasteiger partial charge on any atom is 0.469 e. The SMILES string of the molecule is Cc1ncsc1-c1ccc([C@H](C)NC(=O)[C@@H]2C[C@@H](OP(=O)(O)O)CN2C(=O)[C@@H](c2cc(OCCN3CCC(N4CCN5c6cc(-c7ccccc7O)nnc6N[C@@H](C)[C@@H]5C4)CC3)no2)C(C)C)cc1. The monoisotopic (exact) mass is 984 g/mol. The Hall–Kier alpha value is -5.47. The Morgan fingerprint density at radius 1 is 1.01 bits per heavy atom. The van der Waals surface area contributed by atoms with Crippen LogP contribution in [0, 0.1) is 12.8 Å². The first-order chi connectivity index (χ1) is 33.1. The van der Waals surface area contributed by atoms with E-state index in [-0.39, 0.29) is 48.4 Å². The van der Waals surface area contributed by atoms with Crippen molar-refractivity contribution in [2.45, 2.75) is 96.1 Å². The first-order valence-corrected chi connectivity index (χ1v) is 26.1. The third-order valence-corrected chi connectivity index (χ3v) is 15.6. The number of thiazole rings is 1. The molecule has 3 saturated heterocycles. The van der Waals surface area contributed by atoms with Gasteiger partial charge < -0.3 is 44.6 Å². The number of ether oxygens (including phenoxy) is 1. The molecule has 5 aromatic rings. The minimum atomic E-state index is -4.92. The molecule has 9 rings (SSSR count). The molecule has 4 aliphatic heterocycles. The van der Waals surface area contributed by atoms with Crippen LogP contribution in [-0.4, -0.2) is 144 Å². The molecule has 368 valence electrons. The number of para-hydroxylation sites is 1. The van der Waals surface area contributed by atoms with Crippen LogP contribution in [0.4, 0.5) is 11.5 Å². The molecule has 4 aliphatic rings. The number of aromatic nitrogens is 4. The van der Waals surface area contributed by atoms with Gasteiger partial charge in [0.1, 0.15) is 24.3 Å². The highest BCUT2D eigenvalue weighted by molar-refractivity contribution is 7.46. The zero-order valence-corrected chi connectivity index (χ0v) is 41.2. The minimum absolute atomic E-state index is 0.103. The number of nitrogens with one attached hydrogen (secondary N) is 2. The number of carbonyl (C=O) groups excluding carboxylic acids is 2. The summed E-state index contributed by atoms with van der Waals surface area (Å²) in [5.74, 6) is -0.607. The summed E-state index contributed by atoms with van der Waals surface area (Å²) in [6.07, 6.45) is 0.901. The van der Waals surface area contributed by atoms with Crippen molar-refractivity contribution in [1.82, 2.24) is 40.4 Å². The summed E-state index contributed by atoms with van der Waals surface area (Å²) < 4.78 is 28.8. The average molecular weight is 985 g/mol. The van der Waals surface area contributed by atoms with Crippen molar-refractivity contribution in [1.29, 1.82) is 0 Å². The number of hydrogen-bond donors (Lipinski definition) is 5. The summed E-state index contributed by atoms with van der Waals surface area (Å²) in [5, 5.41) is 30.1. The fraction of sp³-hybridized carbons (Fsp3) is 0.500. The fourth-order valence-corrected chi connectivity index (χ4v) is 11.7. The third-order valence-electron chi connectivity index (χ3n) is 14.0. The molecule has 6 atom stereocenters. The molecular formula is C48H61N10O9PS. The van der Waals surface area contributed by atoms with Crippen LogP contribution in [-0.2, 0) is 18.7 Å². The Bertz CT molecular complexity index is 2650. The normalized spacial score (nSPS) is 22.2. The Labute approximate surface area is 405 Å². The maximum absolute atomic E-state index is 14.5. The van der Waals surface area contributed by atoms with Gasteiger partial charge >= 0.3 is 7.82 Å². The van der Waals surface area contributed by atoms with Crippen LogP contribution >= 0.6 is 19.2 Å². The van der Waals surface area contributed by atoms with Crippen LogP contribution in [0.15, 0.2) is 70.7 Å². The van der Waals surface area contributed by atoms with Gasteiger partial charge in [-0.25, -0.2) is 9.55 Å². The maximum atomic E-state index is 14.5. The van der Waals surface area contributed by atoms with Crippen LogP contribution in [0.3, 0.4) is 0 Å². The number of piperazine rings is 1. The van der Waals surface area contributed by atoms with E-state index in [1.165, 1.54) is 4.90 Å². The highest BCUT2D eigenvalue weighted by Gasteiger charge is 2.46. The first-order valence-electron chi connectivity index (χ1n) is 23.7. The second kappa shape index (κ2) is 20.5. The number of phosphoric acid groups is 1. The second-order valence-corrected chi connectivity index (χ2v) is 21.0. The smallest absolute Gasteiger partial charge is 0.469 e. The molecule has 0 spiro atoms. The number of aryl methyl sites for hydroxylation is 1. The van der Waals surface area contributed by atoms with Crippen molar-refractivity contribution in [2.24, 2.45) is 5.92 Å². The highest BCUT2D eigenvalue weighted by Crippen LogP contribution is 2.42. The predicted octanol–water partition coefficient (Wildman–Crippen LogP) is 5.81. The number of nitrogens with zero attached hydrogens (tertiary/aromatic N) is 8. The summed E-state index contributed by atoms with van der Waals surface area (Å²) in [4.78, 5) is 61.9. The molecule has 0 radical (unpaired) electrons. The van der Waals surface area contributed by atoms with E-state index in [0.29, 0.717) is 30.5 Å². The molecule has 0 unspecified atom stereocenters. The van der Waals surface area contributed by atoms with Crippen LogP contribution in [0.25, 0.3) is 21.7 Å². The summed E-state index contributed by atoms with van der Waals surface area (Å²) in [5.41, 5.74) is 6.93. The van der Waals surface area contributed by atoms with E-state index in [4.69, 9.17) is 13.8 Å². The molecule has 0 bridgehead atoms. The number of piperidine rings is 1. The quantitative estimate of drug-likeness (QED) is 0.0779. The van der Waals surface area contributed by atoms with Gasteiger partial charge in [-0.15, -0.1) is 21.5 Å². The van der Waals surface area contributed by atoms with Gasteiger partial charge in [-0.2, -0.15) is 0 Å². The van der Waals surface area contributed by atoms with Crippen molar-refractivity contribution in [3.8, 4) is 33.3 Å². The number of carbonyl (C=O) groups is 2. The van der Waals surface area contributed by atoms with Gasteiger partial charge in [-0.3, -0.25) is 23.9 Å². The number of aromatic hydroxyl groups is 1. The number of hydrogen-bond acceptors (Lipinski definition) is 16. The molecule has 2 aromatic carbocycles. The Morgan fingerprint density at radius 2 is 1.78 bits per heavy atom. The van der Waals surface area contributed by atoms with Crippen LogP contribution in [0.2, 0.25) is 0 Å². The lowest BCUT2D eigenvalue weighted by Crippen LogP contribution is -2.63. The highest BCUT2D eigenvalue weighted by atomic mass is 32.1. The molecule has 0 aliphatic carbocycles. The summed E-state index contributed by atoms with van der Waals surface area (Å²) in [6.45, 7) is 15.2. The molecule has 5 N–H and O–H groups in total. The van der Waals surface area contributed by atoms with Crippen molar-refractivity contribution in [2.75, 3.05) is 62.6 Å². The first kappa shape index (κ1) is 48.5. The van der Waals surface area contributed by atoms with E-state index in [0.717, 1.165) is 78.8 Å². The average Bonchev–Trinajstić information content (AvgIpc) is 4.09. The lowest BCUT2D eigenvalue weighted by atomic mass is 9.91. The molecule has 7 heterocycles. The second-order valence-electron chi connectivity index (χ2n) is 19.0. The summed E-state index contributed by atoms with van der Waals surface area (Å²) in [7, 11) is -4.92. The molecule has 69 heavy (non-hydrogen) atoms. The van der Waals surface area contributed by atoms with Gasteiger partial charge in [0, 0.05) is 62.9 Å². The number of anilines is 2. The Kier molecular flexibility index (Phi) is 14.4. The van der Waals surface area contributed by atoms with Gasteiger partial charge in [0.15, 0.2) is 11.6 Å². The lowest BCUT2D eigenvalue weighted by Gasteiger charge is -2.51. The minimum Gasteiger partial charge on any atom is -0.507 e. The van der Waals surface area contributed by atoms with E-state index in [1.807, 2.05) is 70.2 Å². The van der Waals surface area contributed by atoms with Gasteiger partial charge in [-0.1, -0.05) is 50.2 Å². The number of benzene rings is 2. The Balaban J connectivity index is 0.774. The largest absolute Gasteiger partial charge is 0.507 e. The number of phenols is 1. The van der Waals surface area contributed by atoms with E-state index in [9.17, 15) is 29.0 Å². The van der Waals surface area contributed by atoms with Gasteiger partial charge in [0.25, 0.3) is 5.88 Å². The van der Waals surface area contributed by atoms with Crippen molar-refractivity contribution < 1.29 is 42.8 Å². The van der Waals surface area contributed by atoms with E-state index in [2.05, 4.69) is 52.6 Å². The number of likely N-dealkylation sites (tertiary alicyclic amines) is 2. The van der Waals surface area contributed by atoms with E-state index >= 15 is 0 Å². The summed E-state index contributed by atoms with van der Waals surface area (Å²) in [6, 6.07) is 18.1. The van der Waals surface area contributed by atoms with Crippen LogP contribution in [0.1, 0.15) is 75.9 Å². The number of amides is 2. The number of phosphoric ester groups is 1. The molecular weight excluding hydrogens is 924 g/mol. The third kappa shape index (κ3) is 10.8. The van der Waals surface area contributed by atoms with Crippen molar-refractivity contribution in [3.63, 3.8) is 0 Å². The Morgan fingerprint density at radius 3 is 2.49 bits per heavy atom. The molecule has 19 nitrogen and oxygen atoms in total. The lowest BCUT2D eigenvalue weighted by molar-refractivity contribution is -0.141. The zero-order valence-electron chi connectivity index (χ0n) is 39.5. The molecule has 2 amide bonds. The number of rotatable bonds is 15. The van der Waals surface area contributed by atoms with Gasteiger partial charge in [0.2, 0.25) is 11.8 Å². The van der Waals surface area contributed by atoms with Crippen molar-refractivity contribution in [3.05, 3.63) is 83.2 Å². The van der Waals surface area contributed by atoms with Gasteiger partial charge in [0.05, 0.1) is 45.7 Å². The standard InChI is InChI=1S/C48H61N10O9PS/c1-28(2)44(48(61)58-25-35(67-68(62,63)64)22-39(58)47(60)51-29(3)32-10-12-33(13-11-32)45-31(5)49-27-69-45)42-24-43(54-66-42)65-21-20-55-16-14-34(15-17-55)56-18-19-57-38-23-37(36-8-6-7-9-41(36)59)52-53-46(38)50-30(4)40(57)26-56/h6-13,23-24,27-30,34-35,39-40,44,59H,14-22,25-26H2,1-5H3,(H,50,53)(H,51,60)(H2,62,63,64)/t29-,30-,35+,39-,40-,44+/m0/s1. The van der Waals surface area contributed by atoms with E-state index < -0.39 is 43.7 Å². The van der Waals surface area contributed by atoms with E-state index in [1.54, 1.807) is 35.0 Å². The zero-order chi connectivity index (χ0) is 48.6. The van der Waals surface area contributed by atoms with Crippen LogP contribution < -0.4 is 20.3 Å². The molecule has 3 aromatic heterocycles. The van der Waals surface area contributed by atoms with Gasteiger partial charge in [-0.05, 0) is 87.1 Å². The molecule has 0 saturated carbocycles. The van der Waals surface area contributed by atoms with Crippen LogP contribution in [0.5, 0.6) is 11.6 Å². The number of fused-ring (bicyclic) bond motifs is 3. The summed E-state index contributed by atoms with van der Waals surface area (Å²) >= 11 is 1.55. The van der Waals surface area contributed by atoms with Crippen molar-refractivity contribution >= 4 is 42.5 Å². The fourth-order valence-electron chi connectivity index (χ4n) is 10.4. The molecule has 21 heteroatoms. The molecule has 3 fully saturated rings. The number of phenolic OH excluding ortho intramolecular Hbond substituents is 1.